The number of halogens is 1. The van der Waals surface area contributed by atoms with E-state index in [0.29, 0.717) is 19.7 Å². The molecule has 0 N–H and O–H groups in total. The van der Waals surface area contributed by atoms with E-state index < -0.39 is 0 Å². The van der Waals surface area contributed by atoms with Gasteiger partial charge in [0.05, 0.1) is 3.79 Å². The molecule has 4 rings (SSSR count). The number of carbonyl (C=O) groups is 1. The second kappa shape index (κ2) is 7.68. The van der Waals surface area contributed by atoms with Gasteiger partial charge in [-0.25, -0.2) is 4.79 Å². The lowest BCUT2D eigenvalue weighted by molar-refractivity contribution is 0.0942. The van der Waals surface area contributed by atoms with Crippen LogP contribution in [0.15, 0.2) is 58.4 Å². The lowest BCUT2D eigenvalue weighted by Crippen LogP contribution is -2.49. The molecule has 26 heavy (non-hydrogen) atoms. The normalized spacial score (nSPS) is 14.7. The molecule has 3 aromatic rings. The average molecular weight is 431 g/mol. The molecule has 1 aromatic heterocycles. The van der Waals surface area contributed by atoms with Crippen molar-refractivity contribution in [1.82, 2.24) is 4.90 Å². The summed E-state index contributed by atoms with van der Waals surface area (Å²) in [5.74, 6) is 0. The van der Waals surface area contributed by atoms with Gasteiger partial charge in [-0.3, -0.25) is 0 Å². The molecule has 1 saturated heterocycles. The molecule has 0 aliphatic carbocycles. The fraction of sp³-hybridized carbons (Fsp3) is 0.250. The van der Waals surface area contributed by atoms with Gasteiger partial charge in [0.25, 0.3) is 0 Å². The molecule has 0 spiro atoms. The summed E-state index contributed by atoms with van der Waals surface area (Å²) in [7, 11) is 0. The predicted molar refractivity (Wildman–Crippen MR) is 110 cm³/mol. The molecule has 2 aromatic carbocycles. The fourth-order valence-corrected chi connectivity index (χ4v) is 4.79. The highest BCUT2D eigenvalue weighted by Gasteiger charge is 2.23. The summed E-state index contributed by atoms with van der Waals surface area (Å²) in [4.78, 5) is 16.5. The average Bonchev–Trinajstić information content (AvgIpc) is 3.07. The minimum Gasteiger partial charge on any atom is -0.445 e. The topological polar surface area (TPSA) is 32.8 Å². The van der Waals surface area contributed by atoms with Gasteiger partial charge in [-0.2, -0.15) is 0 Å². The van der Waals surface area contributed by atoms with Gasteiger partial charge in [-0.15, -0.1) is 11.3 Å². The van der Waals surface area contributed by atoms with Crippen molar-refractivity contribution in [3.05, 3.63) is 63.9 Å². The first kappa shape index (κ1) is 17.4. The SMILES string of the molecule is O=C(OCc1ccccc1)N1CCN(c2cccc3sc(Br)cc23)CC1. The van der Waals surface area contributed by atoms with Crippen LogP contribution >= 0.6 is 27.3 Å². The number of rotatable bonds is 3. The smallest absolute Gasteiger partial charge is 0.410 e. The molecule has 0 saturated carbocycles. The van der Waals surface area contributed by atoms with Crippen molar-refractivity contribution < 1.29 is 9.53 Å². The molecule has 4 nitrogen and oxygen atoms in total. The number of benzene rings is 2. The third-order valence-corrected chi connectivity index (χ3v) is 6.20. The maximum atomic E-state index is 12.3. The molecule has 2 heterocycles. The van der Waals surface area contributed by atoms with Crippen molar-refractivity contribution in [2.45, 2.75) is 6.61 Å². The molecular formula is C20H19BrN2O2S. The maximum absolute atomic E-state index is 12.3. The number of piperazine rings is 1. The first-order valence-electron chi connectivity index (χ1n) is 8.59. The number of ether oxygens (including phenoxy) is 1. The second-order valence-electron chi connectivity index (χ2n) is 6.25. The molecule has 0 atom stereocenters. The van der Waals surface area contributed by atoms with E-state index in [1.54, 1.807) is 16.2 Å². The van der Waals surface area contributed by atoms with Crippen molar-refractivity contribution in [1.29, 1.82) is 0 Å². The van der Waals surface area contributed by atoms with Crippen LogP contribution in [0.3, 0.4) is 0 Å². The Morgan fingerprint density at radius 1 is 1.04 bits per heavy atom. The van der Waals surface area contributed by atoms with Crippen molar-refractivity contribution in [3.8, 4) is 0 Å². The summed E-state index contributed by atoms with van der Waals surface area (Å²) in [6.45, 7) is 3.30. The number of fused-ring (bicyclic) bond motifs is 1. The molecule has 1 fully saturated rings. The Bertz CT molecular complexity index is 905. The number of thiophene rings is 1. The number of carbonyl (C=O) groups excluding carboxylic acids is 1. The Morgan fingerprint density at radius 2 is 1.81 bits per heavy atom. The Kier molecular flexibility index (Phi) is 5.13. The fourth-order valence-electron chi connectivity index (χ4n) is 3.23. The highest BCUT2D eigenvalue weighted by Crippen LogP contribution is 2.36. The number of hydrogen-bond donors (Lipinski definition) is 0. The van der Waals surface area contributed by atoms with Crippen LogP contribution < -0.4 is 4.90 Å². The van der Waals surface area contributed by atoms with Gasteiger partial charge < -0.3 is 14.5 Å². The Hall–Kier alpha value is -2.05. The van der Waals surface area contributed by atoms with E-state index >= 15 is 0 Å². The largest absolute Gasteiger partial charge is 0.445 e. The van der Waals surface area contributed by atoms with Crippen LogP contribution in [0.1, 0.15) is 5.56 Å². The summed E-state index contributed by atoms with van der Waals surface area (Å²) >= 11 is 5.32. The van der Waals surface area contributed by atoms with E-state index in [1.165, 1.54) is 15.8 Å². The first-order chi connectivity index (χ1) is 12.7. The molecule has 0 radical (unpaired) electrons. The van der Waals surface area contributed by atoms with Crippen molar-refractivity contribution in [2.24, 2.45) is 0 Å². The zero-order valence-electron chi connectivity index (χ0n) is 14.2. The molecule has 1 aliphatic heterocycles. The van der Waals surface area contributed by atoms with E-state index in [2.05, 4.69) is 45.1 Å². The molecule has 6 heteroatoms. The Balaban J connectivity index is 1.37. The number of amides is 1. The quantitative estimate of drug-likeness (QED) is 0.577. The van der Waals surface area contributed by atoms with Gasteiger partial charge in [0.1, 0.15) is 6.61 Å². The van der Waals surface area contributed by atoms with Gasteiger partial charge >= 0.3 is 6.09 Å². The molecule has 134 valence electrons. The van der Waals surface area contributed by atoms with Crippen molar-refractivity contribution in [3.63, 3.8) is 0 Å². The summed E-state index contributed by atoms with van der Waals surface area (Å²) in [5, 5.41) is 1.27. The van der Waals surface area contributed by atoms with Crippen LogP contribution in [-0.2, 0) is 11.3 Å². The summed E-state index contributed by atoms with van der Waals surface area (Å²) in [5.41, 5.74) is 2.25. The highest BCUT2D eigenvalue weighted by atomic mass is 79.9. The van der Waals surface area contributed by atoms with Crippen LogP contribution in [-0.4, -0.2) is 37.2 Å². The van der Waals surface area contributed by atoms with Crippen LogP contribution in [0, 0.1) is 0 Å². The van der Waals surface area contributed by atoms with Crippen molar-refractivity contribution in [2.75, 3.05) is 31.1 Å². The van der Waals surface area contributed by atoms with Gasteiger partial charge in [-0.05, 0) is 39.7 Å². The lowest BCUT2D eigenvalue weighted by atomic mass is 10.2. The van der Waals surface area contributed by atoms with E-state index in [4.69, 9.17) is 4.74 Å². The molecular weight excluding hydrogens is 412 g/mol. The zero-order chi connectivity index (χ0) is 17.9. The minimum absolute atomic E-state index is 0.231. The van der Waals surface area contributed by atoms with Crippen molar-refractivity contribution >= 4 is 49.1 Å². The third-order valence-electron chi connectivity index (χ3n) is 4.59. The summed E-state index contributed by atoms with van der Waals surface area (Å²) in [6, 6.07) is 18.4. The Morgan fingerprint density at radius 3 is 2.58 bits per heavy atom. The van der Waals surface area contributed by atoms with E-state index in [9.17, 15) is 4.79 Å². The Labute approximate surface area is 165 Å². The maximum Gasteiger partial charge on any atom is 0.410 e. The van der Waals surface area contributed by atoms with E-state index in [0.717, 1.165) is 22.4 Å². The van der Waals surface area contributed by atoms with Gasteiger partial charge in [0, 0.05) is 42.0 Å². The minimum atomic E-state index is -0.231. The number of anilines is 1. The van der Waals surface area contributed by atoms with E-state index in [1.807, 2.05) is 30.3 Å². The summed E-state index contributed by atoms with van der Waals surface area (Å²) < 4.78 is 7.86. The highest BCUT2D eigenvalue weighted by molar-refractivity contribution is 9.11. The second-order valence-corrected chi connectivity index (χ2v) is 8.72. The lowest BCUT2D eigenvalue weighted by Gasteiger charge is -2.35. The van der Waals surface area contributed by atoms with Gasteiger partial charge in [0.15, 0.2) is 0 Å². The molecule has 1 amide bonds. The first-order valence-corrected chi connectivity index (χ1v) is 10.2. The summed E-state index contributed by atoms with van der Waals surface area (Å²) in [6.07, 6.45) is -0.231. The predicted octanol–water partition coefficient (Wildman–Crippen LogP) is 5.12. The third kappa shape index (κ3) is 3.71. The standard InChI is InChI=1S/C20H19BrN2O2S/c21-19-13-16-17(7-4-8-18(16)26-19)22-9-11-23(12-10-22)20(24)25-14-15-5-2-1-3-6-15/h1-8,13H,9-12,14H2. The molecule has 0 bridgehead atoms. The van der Waals surface area contributed by atoms with Gasteiger partial charge in [-0.1, -0.05) is 36.4 Å². The monoisotopic (exact) mass is 430 g/mol. The van der Waals surface area contributed by atoms with Crippen LogP contribution in [0.2, 0.25) is 0 Å². The van der Waals surface area contributed by atoms with Crippen LogP contribution in [0.4, 0.5) is 10.5 Å². The number of nitrogens with zero attached hydrogens (tertiary/aromatic N) is 2. The van der Waals surface area contributed by atoms with E-state index in [-0.39, 0.29) is 6.09 Å². The van der Waals surface area contributed by atoms with Crippen LogP contribution in [0.5, 0.6) is 0 Å². The number of hydrogen-bond acceptors (Lipinski definition) is 4. The zero-order valence-corrected chi connectivity index (χ0v) is 16.6. The van der Waals surface area contributed by atoms with Gasteiger partial charge in [0.2, 0.25) is 0 Å². The molecule has 0 unspecified atom stereocenters. The molecule has 1 aliphatic rings. The van der Waals surface area contributed by atoms with Crippen LogP contribution in [0.25, 0.3) is 10.1 Å².